The zero-order chi connectivity index (χ0) is 15.2. The van der Waals surface area contributed by atoms with Crippen molar-refractivity contribution in [2.45, 2.75) is 0 Å². The van der Waals surface area contributed by atoms with Gasteiger partial charge in [-0.25, -0.2) is 13.2 Å². The molecule has 102 valence electrons. The number of carboxylic acid groups (broad SMARTS) is 1. The summed E-state index contributed by atoms with van der Waals surface area (Å²) in [6.45, 7) is 0. The number of Topliss-reactive ketones (excluding diaryl/α,β-unsaturated/α-hetero) is 1. The van der Waals surface area contributed by atoms with E-state index in [1.165, 1.54) is 18.2 Å². The first kappa shape index (κ1) is 16.9. The molecule has 0 amide bonds. The lowest BCUT2D eigenvalue weighted by atomic mass is 10.1. The maximum absolute atomic E-state index is 11.0. The van der Waals surface area contributed by atoms with Crippen molar-refractivity contribution < 1.29 is 32.2 Å². The molecule has 0 bridgehead atoms. The molecule has 0 aliphatic carbocycles. The number of hydrogen-bond donors (Lipinski definition) is 2. The maximum atomic E-state index is 11.0. The van der Waals surface area contributed by atoms with Crippen molar-refractivity contribution >= 4 is 39.4 Å². The Morgan fingerprint density at radius 1 is 1.37 bits per heavy atom. The summed E-state index contributed by atoms with van der Waals surface area (Å²) in [5.41, 5.74) is -0.478. The molecule has 0 aliphatic heterocycles. The number of rotatable bonds is 2. The van der Waals surface area contributed by atoms with Gasteiger partial charge in [-0.05, 0) is 12.1 Å². The minimum absolute atomic E-state index is 0.0135. The average molecular weight is 309 g/mol. The van der Waals surface area contributed by atoms with Crippen molar-refractivity contribution in [2.75, 3.05) is 0 Å². The lowest BCUT2D eigenvalue weighted by Gasteiger charge is -1.92. The number of ketones is 1. The van der Waals surface area contributed by atoms with Gasteiger partial charge < -0.3 is 9.66 Å². The van der Waals surface area contributed by atoms with Crippen LogP contribution in [-0.2, 0) is 15.2 Å². The van der Waals surface area contributed by atoms with E-state index in [1.54, 1.807) is 0 Å². The lowest BCUT2D eigenvalue weighted by Crippen LogP contribution is -2.12. The SMILES string of the molecule is N#[N+]c1c(Cl)cccc1C(=O)C(=O)O.O=S(=O)([O-])O. The fourth-order valence-corrected chi connectivity index (χ4v) is 1.13. The zero-order valence-corrected chi connectivity index (χ0v) is 10.4. The summed E-state index contributed by atoms with van der Waals surface area (Å²) in [6, 6.07) is 4.00. The molecule has 0 fully saturated rings. The van der Waals surface area contributed by atoms with Crippen molar-refractivity contribution in [1.29, 1.82) is 5.39 Å². The van der Waals surface area contributed by atoms with Gasteiger partial charge in [0, 0.05) is 0 Å². The normalized spacial score (nSPS) is 9.79. The van der Waals surface area contributed by atoms with Crippen LogP contribution in [-0.4, -0.2) is 34.4 Å². The molecular formula is C8H5ClN2O7S. The molecular weight excluding hydrogens is 304 g/mol. The molecule has 19 heavy (non-hydrogen) atoms. The van der Waals surface area contributed by atoms with E-state index >= 15 is 0 Å². The van der Waals surface area contributed by atoms with E-state index in [-0.39, 0.29) is 16.3 Å². The van der Waals surface area contributed by atoms with Crippen molar-refractivity contribution in [3.63, 3.8) is 0 Å². The first-order chi connectivity index (χ1) is 8.57. The number of halogens is 1. The van der Waals surface area contributed by atoms with E-state index in [0.29, 0.717) is 0 Å². The zero-order valence-electron chi connectivity index (χ0n) is 8.85. The van der Waals surface area contributed by atoms with Gasteiger partial charge >= 0.3 is 11.7 Å². The van der Waals surface area contributed by atoms with Crippen LogP contribution >= 0.6 is 11.6 Å². The second kappa shape index (κ2) is 6.76. The molecule has 1 aromatic rings. The van der Waals surface area contributed by atoms with Gasteiger partial charge in [0.05, 0.1) is 0 Å². The number of diazo groups is 1. The van der Waals surface area contributed by atoms with E-state index in [9.17, 15) is 9.59 Å². The molecule has 9 nitrogen and oxygen atoms in total. The number of hydrogen-bond acceptors (Lipinski definition) is 6. The summed E-state index contributed by atoms with van der Waals surface area (Å²) in [5, 5.41) is 17.0. The molecule has 1 aromatic carbocycles. The van der Waals surface area contributed by atoms with Crippen LogP contribution in [0.25, 0.3) is 4.98 Å². The fourth-order valence-electron chi connectivity index (χ4n) is 0.915. The molecule has 0 atom stereocenters. The second-order valence-corrected chi connectivity index (χ2v) is 4.06. The summed E-state index contributed by atoms with van der Waals surface area (Å²) < 4.78 is 32.8. The van der Waals surface area contributed by atoms with Gasteiger partial charge in [-0.3, -0.25) is 9.35 Å². The van der Waals surface area contributed by atoms with Crippen LogP contribution in [0.2, 0.25) is 5.02 Å². The second-order valence-electron chi connectivity index (χ2n) is 2.80. The van der Waals surface area contributed by atoms with E-state index in [2.05, 4.69) is 4.98 Å². The average Bonchev–Trinajstić information content (AvgIpc) is 2.25. The lowest BCUT2D eigenvalue weighted by molar-refractivity contribution is -0.131. The van der Waals surface area contributed by atoms with E-state index < -0.39 is 22.2 Å². The quantitative estimate of drug-likeness (QED) is 0.270. The highest BCUT2D eigenvalue weighted by Gasteiger charge is 2.27. The maximum Gasteiger partial charge on any atom is 0.414 e. The van der Waals surface area contributed by atoms with Gasteiger partial charge in [0.1, 0.15) is 10.6 Å². The fraction of sp³-hybridized carbons (Fsp3) is 0. The third-order valence-corrected chi connectivity index (χ3v) is 1.83. The predicted octanol–water partition coefficient (Wildman–Crippen LogP) is 1.10. The number of carbonyl (C=O) groups excluding carboxylic acids is 1. The molecule has 0 aliphatic rings. The number of carboxylic acids is 1. The smallest absolute Gasteiger partial charge is 0.414 e. The Morgan fingerprint density at radius 3 is 2.21 bits per heavy atom. The van der Waals surface area contributed by atoms with Crippen molar-refractivity contribution in [2.24, 2.45) is 0 Å². The Kier molecular flexibility index (Phi) is 6.03. The molecule has 0 aromatic heterocycles. The Morgan fingerprint density at radius 2 is 1.84 bits per heavy atom. The molecule has 0 unspecified atom stereocenters. The van der Waals surface area contributed by atoms with Gasteiger partial charge in [-0.2, -0.15) is 0 Å². The van der Waals surface area contributed by atoms with E-state index in [1.807, 2.05) is 0 Å². The highest BCUT2D eigenvalue weighted by Crippen LogP contribution is 2.29. The van der Waals surface area contributed by atoms with Crippen LogP contribution in [0, 0.1) is 5.39 Å². The van der Waals surface area contributed by atoms with Gasteiger partial charge in [-0.15, -0.1) is 0 Å². The van der Waals surface area contributed by atoms with Crippen LogP contribution in [0.3, 0.4) is 0 Å². The minimum atomic E-state index is -4.92. The highest BCUT2D eigenvalue weighted by molar-refractivity contribution is 7.79. The van der Waals surface area contributed by atoms with Crippen LogP contribution < -0.4 is 0 Å². The van der Waals surface area contributed by atoms with Crippen molar-refractivity contribution in [1.82, 2.24) is 0 Å². The first-order valence-corrected chi connectivity index (χ1v) is 5.91. The van der Waals surface area contributed by atoms with Gasteiger partial charge in [-0.1, -0.05) is 17.7 Å². The largest absolute Gasteiger partial charge is 0.726 e. The number of benzene rings is 1. The molecule has 0 radical (unpaired) electrons. The molecule has 0 saturated heterocycles. The summed E-state index contributed by atoms with van der Waals surface area (Å²) in [4.78, 5) is 24.2. The monoisotopic (exact) mass is 308 g/mol. The molecule has 0 spiro atoms. The van der Waals surface area contributed by atoms with Crippen LogP contribution in [0.4, 0.5) is 5.69 Å². The summed E-state index contributed by atoms with van der Waals surface area (Å²) in [6.07, 6.45) is 0. The Balaban J connectivity index is 0.000000555. The number of nitrogens with zero attached hydrogens (tertiary/aromatic N) is 2. The predicted molar refractivity (Wildman–Crippen MR) is 60.5 cm³/mol. The molecule has 2 N–H and O–H groups in total. The first-order valence-electron chi connectivity index (χ1n) is 4.17. The summed E-state index contributed by atoms with van der Waals surface area (Å²) in [5.74, 6) is -2.79. The van der Waals surface area contributed by atoms with E-state index in [0.717, 1.165) is 0 Å². The van der Waals surface area contributed by atoms with Crippen molar-refractivity contribution in [3.8, 4) is 0 Å². The topological polar surface area (TPSA) is 160 Å². The van der Waals surface area contributed by atoms with E-state index in [4.69, 9.17) is 39.6 Å². The number of aliphatic carboxylic acids is 1. The van der Waals surface area contributed by atoms with Gasteiger partial charge in [0.2, 0.25) is 15.8 Å². The third-order valence-electron chi connectivity index (χ3n) is 1.53. The molecule has 11 heteroatoms. The van der Waals surface area contributed by atoms with Gasteiger partial charge in [0.25, 0.3) is 5.78 Å². The molecule has 1 rings (SSSR count). The molecule has 0 heterocycles. The summed E-state index contributed by atoms with van der Waals surface area (Å²) >= 11 is 5.58. The highest BCUT2D eigenvalue weighted by atomic mass is 35.5. The third kappa shape index (κ3) is 6.43. The number of carbonyl (C=O) groups is 2. The van der Waals surface area contributed by atoms with Crippen LogP contribution in [0.5, 0.6) is 0 Å². The van der Waals surface area contributed by atoms with Gasteiger partial charge in [0.15, 0.2) is 4.98 Å². The molecule has 0 saturated carbocycles. The summed E-state index contributed by atoms with van der Waals surface area (Å²) in [7, 11) is -4.92. The standard InChI is InChI=1S/C8H3ClN2O3.H2O4S/c9-5-3-1-2-4(6(5)11-10)7(12)8(13)14;1-5(2,3)4/h1-3H;(H2,1,2,3,4). The Bertz CT molecular complexity index is 642. The Labute approximate surface area is 111 Å². The minimum Gasteiger partial charge on any atom is -0.726 e. The van der Waals surface area contributed by atoms with Crippen LogP contribution in [0.1, 0.15) is 10.4 Å². The van der Waals surface area contributed by atoms with Crippen LogP contribution in [0.15, 0.2) is 18.2 Å². The Hall–Kier alpha value is -2.06. The van der Waals surface area contributed by atoms with Crippen molar-refractivity contribution in [3.05, 3.63) is 33.8 Å².